The van der Waals surface area contributed by atoms with E-state index in [1.54, 1.807) is 19.9 Å². The lowest BCUT2D eigenvalue weighted by Crippen LogP contribution is -2.11. The van der Waals surface area contributed by atoms with Crippen LogP contribution in [0.2, 0.25) is 0 Å². The van der Waals surface area contributed by atoms with Gasteiger partial charge in [-0.25, -0.2) is 4.98 Å². The normalized spacial score (nSPS) is 14.1. The zero-order valence-corrected chi connectivity index (χ0v) is 40.5. The number of imidazole rings is 1. The van der Waals surface area contributed by atoms with E-state index in [4.69, 9.17) is 16.8 Å². The van der Waals surface area contributed by atoms with Gasteiger partial charge in [0, 0.05) is 29.9 Å². The second kappa shape index (κ2) is 18.0. The molecule has 8 aromatic rings. The number of aromatic hydroxyl groups is 1. The average molecular weight is 863 g/mol. The van der Waals surface area contributed by atoms with Gasteiger partial charge in [0.2, 0.25) is 0 Å². The highest BCUT2D eigenvalue weighted by Gasteiger charge is 2.25. The van der Waals surface area contributed by atoms with Crippen LogP contribution in [-0.2, 0) is 5.41 Å². The highest BCUT2D eigenvalue weighted by molar-refractivity contribution is 5.97. The fourth-order valence-electron chi connectivity index (χ4n) is 8.85. The van der Waals surface area contributed by atoms with Gasteiger partial charge in [-0.1, -0.05) is 169 Å². The number of para-hydroxylation sites is 1. The van der Waals surface area contributed by atoms with Crippen LogP contribution in [-0.4, -0.2) is 19.6 Å². The van der Waals surface area contributed by atoms with Gasteiger partial charge in [-0.05, 0) is 145 Å². The lowest BCUT2D eigenvalue weighted by atomic mass is 9.83. The molecule has 0 spiro atoms. The Bertz CT molecular complexity index is 3220. The molecule has 0 atom stereocenters. The number of rotatable bonds is 11. The summed E-state index contributed by atoms with van der Waals surface area (Å²) in [6.07, 6.45) is 1.85. The van der Waals surface area contributed by atoms with Crippen LogP contribution in [0.25, 0.3) is 72.7 Å². The van der Waals surface area contributed by atoms with Gasteiger partial charge in [0.05, 0.1) is 22.3 Å². The molecule has 0 aliphatic heterocycles. The number of phenols is 1. The van der Waals surface area contributed by atoms with Gasteiger partial charge in [0.15, 0.2) is 0 Å². The monoisotopic (exact) mass is 863 g/mol. The lowest BCUT2D eigenvalue weighted by molar-refractivity contribution is 0.466. The Balaban J connectivity index is 1.38. The van der Waals surface area contributed by atoms with Crippen molar-refractivity contribution in [3.05, 3.63) is 167 Å². The molecule has 0 aliphatic carbocycles. The van der Waals surface area contributed by atoms with Gasteiger partial charge in [0.1, 0.15) is 11.6 Å². The first kappa shape index (κ1) is 39.1. The molecule has 8 rings (SSSR count). The van der Waals surface area contributed by atoms with Crippen molar-refractivity contribution in [1.82, 2.24) is 14.5 Å². The van der Waals surface area contributed by atoms with Crippen molar-refractivity contribution in [2.75, 3.05) is 0 Å². The summed E-state index contributed by atoms with van der Waals surface area (Å²) >= 11 is 0. The highest BCUT2D eigenvalue weighted by Crippen LogP contribution is 2.44. The second-order valence-corrected chi connectivity index (χ2v) is 19.7. The fraction of sp³-hybridized carbons (Fsp3) is 0.311. The molecule has 6 aromatic carbocycles. The zero-order chi connectivity index (χ0) is 51.1. The maximum atomic E-state index is 12.3. The minimum Gasteiger partial charge on any atom is -0.507 e. The zero-order valence-electron chi connectivity index (χ0n) is 45.5. The van der Waals surface area contributed by atoms with E-state index in [-0.39, 0.29) is 11.2 Å². The van der Waals surface area contributed by atoms with E-state index in [0.717, 1.165) is 78.1 Å². The maximum absolute atomic E-state index is 12.3. The number of fused-ring (bicyclic) bond motifs is 1. The van der Waals surface area contributed by atoms with Crippen LogP contribution < -0.4 is 0 Å². The standard InChI is InChI=1S/C61H67N3O/c1-36(2)41-20-22-42(23-21-41)44-28-29-62-55(35-44)47-30-46(31-48(32-47)61(11,12)13)52-18-15-19-56-58(52)63-60(54-34-45(37(3)4)33-53(40(9)10)59(54)65)64(56)49-26-24-43(25-27-49)57-50(38(5)6)16-14-17-51(57)39(7)8/h14-40,65H,1-13H3/i36D,37D,38D,39D,40D. The van der Waals surface area contributed by atoms with Crippen LogP contribution >= 0.6 is 0 Å². The van der Waals surface area contributed by atoms with Gasteiger partial charge in [0.25, 0.3) is 0 Å². The molecule has 0 radical (unpaired) electrons. The Morgan fingerprint density at radius 1 is 0.523 bits per heavy atom. The summed E-state index contributed by atoms with van der Waals surface area (Å²) in [5, 5.41) is 12.3. The third-order valence-electron chi connectivity index (χ3n) is 12.7. The number of nitrogens with zero attached hydrogens (tertiary/aromatic N) is 3. The van der Waals surface area contributed by atoms with E-state index in [1.165, 1.54) is 0 Å². The lowest BCUT2D eigenvalue weighted by Gasteiger charge is -2.22. The highest BCUT2D eigenvalue weighted by atomic mass is 16.3. The molecule has 4 heteroatoms. The Hall–Kier alpha value is -6.26. The van der Waals surface area contributed by atoms with Crippen molar-refractivity contribution in [3.8, 4) is 67.5 Å². The predicted octanol–water partition coefficient (Wildman–Crippen LogP) is 17.4. The van der Waals surface area contributed by atoms with Gasteiger partial charge < -0.3 is 5.11 Å². The summed E-state index contributed by atoms with van der Waals surface area (Å²) in [4.78, 5) is 10.4. The first-order chi connectivity index (χ1) is 32.4. The van der Waals surface area contributed by atoms with Crippen molar-refractivity contribution in [1.29, 1.82) is 0 Å². The molecule has 0 saturated carbocycles. The van der Waals surface area contributed by atoms with Crippen LogP contribution in [0.3, 0.4) is 0 Å². The molecule has 0 fully saturated rings. The van der Waals surface area contributed by atoms with Crippen LogP contribution in [0.1, 0.15) is 160 Å². The fourth-order valence-corrected chi connectivity index (χ4v) is 8.85. The molecule has 0 bridgehead atoms. The molecule has 0 amide bonds. The molecule has 2 heterocycles. The number of hydrogen-bond acceptors (Lipinski definition) is 3. The summed E-state index contributed by atoms with van der Waals surface area (Å²) < 4.78 is 47.1. The minimum absolute atomic E-state index is 0.0577. The third-order valence-corrected chi connectivity index (χ3v) is 12.7. The summed E-state index contributed by atoms with van der Waals surface area (Å²) in [6.45, 7) is 25.0. The molecule has 2 aromatic heterocycles. The van der Waals surface area contributed by atoms with E-state index in [0.29, 0.717) is 28.0 Å². The molecule has 0 unspecified atom stereocenters. The number of hydrogen-bond donors (Lipinski definition) is 1. The Kier molecular flexibility index (Phi) is 10.8. The topological polar surface area (TPSA) is 50.9 Å². The van der Waals surface area contributed by atoms with E-state index >= 15 is 0 Å². The van der Waals surface area contributed by atoms with Crippen LogP contribution in [0.4, 0.5) is 0 Å². The summed E-state index contributed by atoms with van der Waals surface area (Å²) in [5.41, 5.74) is 14.7. The van der Waals surface area contributed by atoms with E-state index in [2.05, 4.69) is 67.8 Å². The van der Waals surface area contributed by atoms with Crippen molar-refractivity contribution < 1.29 is 12.0 Å². The van der Waals surface area contributed by atoms with Crippen molar-refractivity contribution >= 4 is 11.0 Å². The van der Waals surface area contributed by atoms with Crippen LogP contribution in [0.15, 0.2) is 134 Å². The molecule has 4 nitrogen and oxygen atoms in total. The smallest absolute Gasteiger partial charge is 0.149 e. The molecule has 1 N–H and O–H groups in total. The molecule has 332 valence electrons. The van der Waals surface area contributed by atoms with E-state index in [1.807, 2.05) is 140 Å². The average Bonchev–Trinajstić information content (AvgIpc) is 3.66. The quantitative estimate of drug-likeness (QED) is 0.141. The summed E-state index contributed by atoms with van der Waals surface area (Å²) in [6, 6.07) is 42.8. The van der Waals surface area contributed by atoms with Crippen molar-refractivity contribution in [3.63, 3.8) is 0 Å². The number of phenolic OH excluding ortho intramolecular Hbond substituents is 1. The predicted molar refractivity (Wildman–Crippen MR) is 277 cm³/mol. The first-order valence-electron chi connectivity index (χ1n) is 25.3. The van der Waals surface area contributed by atoms with E-state index in [9.17, 15) is 5.11 Å². The summed E-state index contributed by atoms with van der Waals surface area (Å²) in [5.74, 6) is -4.38. The van der Waals surface area contributed by atoms with Crippen molar-refractivity contribution in [2.24, 2.45) is 0 Å². The minimum atomic E-state index is -1.19. The Morgan fingerprint density at radius 2 is 1.12 bits per heavy atom. The Labute approximate surface area is 395 Å². The largest absolute Gasteiger partial charge is 0.507 e. The van der Waals surface area contributed by atoms with Gasteiger partial charge >= 0.3 is 0 Å². The number of benzene rings is 6. The molecular formula is C61H67N3O. The third kappa shape index (κ3) is 8.93. The number of aromatic nitrogens is 3. The summed E-state index contributed by atoms with van der Waals surface area (Å²) in [7, 11) is 0. The van der Waals surface area contributed by atoms with E-state index < -0.39 is 29.5 Å². The molecule has 0 aliphatic rings. The van der Waals surface area contributed by atoms with Gasteiger partial charge in [-0.2, -0.15) is 0 Å². The molecular weight excluding hydrogens is 791 g/mol. The Morgan fingerprint density at radius 3 is 1.72 bits per heavy atom. The van der Waals surface area contributed by atoms with Gasteiger partial charge in [-0.3, -0.25) is 9.55 Å². The van der Waals surface area contributed by atoms with Crippen molar-refractivity contribution in [2.45, 2.75) is 125 Å². The molecule has 0 saturated heterocycles. The van der Waals surface area contributed by atoms with Crippen LogP contribution in [0.5, 0.6) is 5.75 Å². The first-order valence-corrected chi connectivity index (χ1v) is 22.8. The SMILES string of the molecule is [2H]C(C)(C)c1ccc(-c2ccnc(-c3cc(-c4cccc5c4nc(-c4cc(C([2H])(C)C)cc(C([2H])(C)C)c4O)n5-c4ccc(-c5c(C([2H])(C)C)cccc5C([2H])(C)C)cc4)cc(C(C)(C)C)c3)c2)cc1. The van der Waals surface area contributed by atoms with Gasteiger partial charge in [-0.15, -0.1) is 0 Å². The molecule has 65 heavy (non-hydrogen) atoms. The second-order valence-electron chi connectivity index (χ2n) is 19.7. The number of pyridine rings is 1. The van der Waals surface area contributed by atoms with Crippen LogP contribution in [0, 0.1) is 0 Å². The maximum Gasteiger partial charge on any atom is 0.149 e.